The number of hydrogen-bond donors (Lipinski definition) is 1. The average molecular weight is 487 g/mol. The molecule has 0 amide bonds. The molecule has 0 aliphatic rings. The fourth-order valence-corrected chi connectivity index (χ4v) is 3.61. The number of fused-ring (bicyclic) bond motifs is 1. The predicted molar refractivity (Wildman–Crippen MR) is 120 cm³/mol. The van der Waals surface area contributed by atoms with E-state index in [4.69, 9.17) is 9.47 Å². The number of halogens is 1. The van der Waals surface area contributed by atoms with E-state index in [2.05, 4.69) is 38.6 Å². The van der Waals surface area contributed by atoms with Crippen LogP contribution in [0.5, 0.6) is 11.5 Å². The molecule has 0 atom stereocenters. The Hall–Kier alpha value is -2.53. The average Bonchev–Trinajstić information content (AvgIpc) is 3.05. The molecule has 28 heavy (non-hydrogen) atoms. The Kier molecular flexibility index (Phi) is 6.25. The first-order valence-electron chi connectivity index (χ1n) is 9.12. The van der Waals surface area contributed by atoms with Crippen LogP contribution in [0.4, 0.5) is 0 Å². The minimum Gasteiger partial charge on any atom is -0.490 e. The number of nitriles is 1. The number of aromatic amines is 1. The summed E-state index contributed by atoms with van der Waals surface area (Å²) in [5.41, 5.74) is 4.22. The van der Waals surface area contributed by atoms with Gasteiger partial charge in [-0.25, -0.2) is 4.98 Å². The highest BCUT2D eigenvalue weighted by atomic mass is 127. The van der Waals surface area contributed by atoms with Crippen LogP contribution in [-0.2, 0) is 0 Å². The third-order valence-electron chi connectivity index (χ3n) is 4.01. The Morgan fingerprint density at radius 1 is 1.32 bits per heavy atom. The summed E-state index contributed by atoms with van der Waals surface area (Å²) in [6, 6.07) is 12.1. The van der Waals surface area contributed by atoms with Gasteiger partial charge in [0, 0.05) is 0 Å². The maximum atomic E-state index is 9.70. The molecule has 6 heteroatoms. The van der Waals surface area contributed by atoms with Crippen molar-refractivity contribution in [1.29, 1.82) is 5.26 Å². The maximum absolute atomic E-state index is 9.70. The number of ether oxygens (including phenoxy) is 2. The van der Waals surface area contributed by atoms with Gasteiger partial charge in [-0.05, 0) is 91.8 Å². The minimum atomic E-state index is 0.0442. The number of hydrogen-bond acceptors (Lipinski definition) is 4. The van der Waals surface area contributed by atoms with E-state index in [9.17, 15) is 5.26 Å². The molecule has 3 rings (SSSR count). The Bertz CT molecular complexity index is 1080. The fraction of sp³-hybridized carbons (Fsp3) is 0.273. The van der Waals surface area contributed by atoms with Gasteiger partial charge in [0.1, 0.15) is 11.9 Å². The third-order valence-corrected chi connectivity index (χ3v) is 4.81. The second-order valence-corrected chi connectivity index (χ2v) is 7.87. The summed E-state index contributed by atoms with van der Waals surface area (Å²) in [6.07, 6.45) is 1.86. The summed E-state index contributed by atoms with van der Waals surface area (Å²) >= 11 is 2.23. The molecule has 1 heterocycles. The predicted octanol–water partition coefficient (Wildman–Crippen LogP) is 5.73. The standard InChI is InChI=1S/C22H22IN3O2/c1-5-27-20-11-15(10-17(23)21(20)28-13(2)3)9-16(12-24)22-25-18-7-6-14(4)8-19(18)26-22/h6-11,13H,5H2,1-4H3,(H,25,26). The highest BCUT2D eigenvalue weighted by Gasteiger charge is 2.14. The second-order valence-electron chi connectivity index (χ2n) is 6.71. The van der Waals surface area contributed by atoms with Crippen molar-refractivity contribution >= 4 is 45.3 Å². The van der Waals surface area contributed by atoms with E-state index in [1.807, 2.05) is 64.1 Å². The third kappa shape index (κ3) is 4.47. The van der Waals surface area contributed by atoms with E-state index >= 15 is 0 Å². The molecular weight excluding hydrogens is 465 g/mol. The molecule has 0 unspecified atom stereocenters. The molecule has 0 aliphatic heterocycles. The van der Waals surface area contributed by atoms with Gasteiger partial charge in [-0.1, -0.05) is 6.07 Å². The van der Waals surface area contributed by atoms with Gasteiger partial charge in [-0.2, -0.15) is 5.26 Å². The lowest BCUT2D eigenvalue weighted by Crippen LogP contribution is -2.09. The van der Waals surface area contributed by atoms with Gasteiger partial charge in [0.2, 0.25) is 0 Å². The van der Waals surface area contributed by atoms with E-state index in [-0.39, 0.29) is 6.10 Å². The molecule has 0 spiro atoms. The van der Waals surface area contributed by atoms with E-state index < -0.39 is 0 Å². The van der Waals surface area contributed by atoms with Gasteiger partial charge >= 0.3 is 0 Å². The Balaban J connectivity index is 2.05. The molecule has 2 aromatic carbocycles. The molecule has 1 N–H and O–H groups in total. The normalized spacial score (nSPS) is 11.7. The van der Waals surface area contributed by atoms with E-state index in [0.29, 0.717) is 23.8 Å². The summed E-state index contributed by atoms with van der Waals surface area (Å²) in [6.45, 7) is 8.46. The molecule has 0 aliphatic carbocycles. The topological polar surface area (TPSA) is 70.9 Å². The Morgan fingerprint density at radius 2 is 2.11 bits per heavy atom. The lowest BCUT2D eigenvalue weighted by molar-refractivity contribution is 0.222. The van der Waals surface area contributed by atoms with Crippen LogP contribution >= 0.6 is 22.6 Å². The van der Waals surface area contributed by atoms with Crippen molar-refractivity contribution in [2.45, 2.75) is 33.8 Å². The molecular formula is C22H22IN3O2. The van der Waals surface area contributed by atoms with Gasteiger partial charge in [-0.15, -0.1) is 0 Å². The molecule has 0 fully saturated rings. The molecule has 5 nitrogen and oxygen atoms in total. The largest absolute Gasteiger partial charge is 0.490 e. The van der Waals surface area contributed by atoms with Crippen molar-refractivity contribution in [2.75, 3.05) is 6.61 Å². The van der Waals surface area contributed by atoms with Crippen LogP contribution in [0.2, 0.25) is 0 Å². The number of nitrogens with zero attached hydrogens (tertiary/aromatic N) is 2. The van der Waals surface area contributed by atoms with Crippen LogP contribution in [-0.4, -0.2) is 22.7 Å². The monoisotopic (exact) mass is 487 g/mol. The van der Waals surface area contributed by atoms with Gasteiger partial charge in [0.05, 0.1) is 32.9 Å². The number of benzene rings is 2. The summed E-state index contributed by atoms with van der Waals surface area (Å²) in [7, 11) is 0. The quantitative estimate of drug-likeness (QED) is 0.356. The van der Waals surface area contributed by atoms with Crippen molar-refractivity contribution in [3.05, 3.63) is 50.9 Å². The van der Waals surface area contributed by atoms with E-state index in [1.54, 1.807) is 0 Å². The zero-order valence-electron chi connectivity index (χ0n) is 16.3. The lowest BCUT2D eigenvalue weighted by Gasteiger charge is -2.17. The molecule has 144 valence electrons. The highest BCUT2D eigenvalue weighted by molar-refractivity contribution is 14.1. The first-order chi connectivity index (χ1) is 13.4. The van der Waals surface area contributed by atoms with Crippen molar-refractivity contribution in [3.63, 3.8) is 0 Å². The summed E-state index contributed by atoms with van der Waals surface area (Å²) in [4.78, 5) is 7.79. The summed E-state index contributed by atoms with van der Waals surface area (Å²) in [5.74, 6) is 1.96. The van der Waals surface area contributed by atoms with Crippen LogP contribution in [0.1, 0.15) is 37.7 Å². The van der Waals surface area contributed by atoms with Crippen molar-refractivity contribution in [2.24, 2.45) is 0 Å². The van der Waals surface area contributed by atoms with Gasteiger partial charge in [0.15, 0.2) is 11.5 Å². The van der Waals surface area contributed by atoms with Crippen LogP contribution in [0.15, 0.2) is 30.3 Å². The van der Waals surface area contributed by atoms with E-state index in [1.165, 1.54) is 0 Å². The molecule has 1 aromatic heterocycles. The van der Waals surface area contributed by atoms with Crippen molar-refractivity contribution in [3.8, 4) is 17.6 Å². The first-order valence-corrected chi connectivity index (χ1v) is 10.2. The Labute approximate surface area is 178 Å². The number of aryl methyl sites for hydroxylation is 1. The fourth-order valence-electron chi connectivity index (χ4n) is 2.86. The minimum absolute atomic E-state index is 0.0442. The zero-order valence-corrected chi connectivity index (χ0v) is 18.5. The Morgan fingerprint density at radius 3 is 2.79 bits per heavy atom. The number of nitrogens with one attached hydrogen (secondary N) is 1. The number of H-pyrrole nitrogens is 1. The summed E-state index contributed by atoms with van der Waals surface area (Å²) < 4.78 is 12.6. The van der Waals surface area contributed by atoms with Crippen LogP contribution < -0.4 is 9.47 Å². The lowest BCUT2D eigenvalue weighted by atomic mass is 10.1. The van der Waals surface area contributed by atoms with Gasteiger partial charge < -0.3 is 14.5 Å². The van der Waals surface area contributed by atoms with Crippen LogP contribution in [0.25, 0.3) is 22.7 Å². The van der Waals surface area contributed by atoms with Gasteiger partial charge in [-0.3, -0.25) is 0 Å². The van der Waals surface area contributed by atoms with Crippen LogP contribution in [0, 0.1) is 21.8 Å². The second kappa shape index (κ2) is 8.65. The number of allylic oxidation sites excluding steroid dienone is 1. The smallest absolute Gasteiger partial charge is 0.174 e. The number of rotatable bonds is 6. The number of aromatic nitrogens is 2. The van der Waals surface area contributed by atoms with Crippen molar-refractivity contribution in [1.82, 2.24) is 9.97 Å². The molecule has 3 aromatic rings. The van der Waals surface area contributed by atoms with Crippen LogP contribution in [0.3, 0.4) is 0 Å². The number of imidazole rings is 1. The molecule has 0 radical (unpaired) electrons. The molecule has 0 saturated heterocycles. The SMILES string of the molecule is CCOc1cc(C=C(C#N)c2nc3ccc(C)cc3[nH]2)cc(I)c1OC(C)C. The summed E-state index contributed by atoms with van der Waals surface area (Å²) in [5, 5.41) is 9.70. The highest BCUT2D eigenvalue weighted by Crippen LogP contribution is 2.36. The van der Waals surface area contributed by atoms with E-state index in [0.717, 1.165) is 31.5 Å². The zero-order chi connectivity index (χ0) is 20.3. The maximum Gasteiger partial charge on any atom is 0.174 e. The molecule has 0 bridgehead atoms. The first kappa shape index (κ1) is 20.2. The molecule has 0 saturated carbocycles. The van der Waals surface area contributed by atoms with Crippen molar-refractivity contribution < 1.29 is 9.47 Å². The van der Waals surface area contributed by atoms with Gasteiger partial charge in [0.25, 0.3) is 0 Å².